The molecule has 0 saturated carbocycles. The van der Waals surface area contributed by atoms with Crippen molar-refractivity contribution in [2.75, 3.05) is 26.4 Å². The van der Waals surface area contributed by atoms with E-state index in [2.05, 4.69) is 26.0 Å². The molecule has 3 atom stereocenters. The Balaban J connectivity index is 3.74. The zero-order chi connectivity index (χ0) is 49.7. The third-order valence-electron chi connectivity index (χ3n) is 13.2. The highest BCUT2D eigenvalue weighted by molar-refractivity contribution is 7.47. The van der Waals surface area contributed by atoms with Gasteiger partial charge in [-0.05, 0) is 38.5 Å². The molecular formula is C57H111O10P. The predicted molar refractivity (Wildman–Crippen MR) is 284 cm³/mol. The van der Waals surface area contributed by atoms with Gasteiger partial charge in [0.1, 0.15) is 12.2 Å². The Labute approximate surface area is 419 Å². The molecule has 0 saturated heterocycles. The van der Waals surface area contributed by atoms with Crippen LogP contribution >= 0.6 is 7.82 Å². The van der Waals surface area contributed by atoms with Crippen LogP contribution in [-0.4, -0.2) is 65.7 Å². The molecule has 0 heterocycles. The molecule has 3 unspecified atom stereocenters. The van der Waals surface area contributed by atoms with Gasteiger partial charge in [0.15, 0.2) is 0 Å². The minimum absolute atomic E-state index is 0.196. The summed E-state index contributed by atoms with van der Waals surface area (Å²) < 4.78 is 32.8. The van der Waals surface area contributed by atoms with Gasteiger partial charge in [0.25, 0.3) is 0 Å². The number of hydrogen-bond donors (Lipinski definition) is 3. The Kier molecular flexibility index (Phi) is 52.5. The van der Waals surface area contributed by atoms with Gasteiger partial charge in [0.2, 0.25) is 0 Å². The minimum Gasteiger partial charge on any atom is -0.457 e. The van der Waals surface area contributed by atoms with Crippen LogP contribution in [0.2, 0.25) is 0 Å². The number of allylic oxidation sites excluding steroid dienone is 2. The van der Waals surface area contributed by atoms with Gasteiger partial charge in [-0.25, -0.2) is 4.57 Å². The number of ether oxygens (including phenoxy) is 2. The summed E-state index contributed by atoms with van der Waals surface area (Å²) in [5, 5.41) is 19.3. The van der Waals surface area contributed by atoms with E-state index < -0.39 is 58.4 Å². The van der Waals surface area contributed by atoms with Crippen molar-refractivity contribution < 1.29 is 47.8 Å². The highest BCUT2D eigenvalue weighted by Crippen LogP contribution is 2.43. The van der Waals surface area contributed by atoms with Crippen LogP contribution in [0, 0.1) is 0 Å². The van der Waals surface area contributed by atoms with Crippen molar-refractivity contribution in [1.29, 1.82) is 0 Å². The summed E-state index contributed by atoms with van der Waals surface area (Å²) in [7, 11) is -4.64. The minimum atomic E-state index is -4.64. The highest BCUT2D eigenvalue weighted by atomic mass is 31.2. The van der Waals surface area contributed by atoms with Crippen LogP contribution in [0.4, 0.5) is 0 Å². The number of unbranched alkanes of at least 4 members (excludes halogenated alkanes) is 40. The molecule has 0 rings (SSSR count). The molecular weight excluding hydrogens is 876 g/mol. The standard InChI is InChI=1S/C57H111O10P/c1-3-5-7-9-11-13-15-17-19-21-23-25-27-29-31-33-35-37-39-41-43-45-47-49-57(61)67-55(51-59)53-65-68(62,63)64-52-54(50-58)66-56(60)48-46-44-42-40-38-36-34-32-30-28-26-24-22-20-18-16-14-12-10-8-6-4-2/h21,23,54-55,58-59H,3-20,22,24-53H2,1-2H3,(H,62,63)/b23-21-. The average Bonchev–Trinajstić information content (AvgIpc) is 3.33. The molecule has 0 aromatic carbocycles. The molecule has 0 fully saturated rings. The second-order valence-corrected chi connectivity index (χ2v) is 21.4. The number of phosphoric ester groups is 1. The van der Waals surface area contributed by atoms with Crippen molar-refractivity contribution in [3.8, 4) is 0 Å². The topological polar surface area (TPSA) is 149 Å². The lowest BCUT2D eigenvalue weighted by Crippen LogP contribution is -2.28. The Morgan fingerprint density at radius 2 is 0.603 bits per heavy atom. The van der Waals surface area contributed by atoms with Gasteiger partial charge in [-0.3, -0.25) is 18.6 Å². The van der Waals surface area contributed by atoms with Crippen LogP contribution in [0.5, 0.6) is 0 Å². The van der Waals surface area contributed by atoms with Crippen molar-refractivity contribution in [3.63, 3.8) is 0 Å². The number of esters is 2. The van der Waals surface area contributed by atoms with Crippen LogP contribution in [0.15, 0.2) is 12.2 Å². The van der Waals surface area contributed by atoms with E-state index in [1.807, 2.05) is 0 Å². The number of hydrogen-bond acceptors (Lipinski definition) is 9. The third kappa shape index (κ3) is 51.1. The van der Waals surface area contributed by atoms with Gasteiger partial charge >= 0.3 is 19.8 Å². The Morgan fingerprint density at radius 3 is 0.838 bits per heavy atom. The molecule has 0 amide bonds. The zero-order valence-electron chi connectivity index (χ0n) is 44.6. The fraction of sp³-hybridized carbons (Fsp3) is 0.930. The van der Waals surface area contributed by atoms with E-state index in [9.17, 15) is 29.3 Å². The van der Waals surface area contributed by atoms with E-state index in [1.54, 1.807) is 0 Å². The first kappa shape index (κ1) is 66.7. The van der Waals surface area contributed by atoms with Gasteiger partial charge in [0.05, 0.1) is 26.4 Å². The lowest BCUT2D eigenvalue weighted by Gasteiger charge is -2.20. The quantitative estimate of drug-likeness (QED) is 0.0233. The Hall–Kier alpha value is -1.29. The third-order valence-corrected chi connectivity index (χ3v) is 14.2. The summed E-state index contributed by atoms with van der Waals surface area (Å²) in [5.74, 6) is -1.00. The Bertz CT molecular complexity index is 1140. The molecule has 10 nitrogen and oxygen atoms in total. The molecule has 0 spiro atoms. The van der Waals surface area contributed by atoms with Gasteiger partial charge in [-0.15, -0.1) is 0 Å². The smallest absolute Gasteiger partial charge is 0.457 e. The number of carbonyl (C=O) groups is 2. The van der Waals surface area contributed by atoms with Crippen LogP contribution < -0.4 is 0 Å². The maximum atomic E-state index is 12.5. The van der Waals surface area contributed by atoms with E-state index in [0.29, 0.717) is 12.8 Å². The average molecular weight is 987 g/mol. The largest absolute Gasteiger partial charge is 0.472 e. The molecule has 0 bridgehead atoms. The molecule has 0 aliphatic heterocycles. The molecule has 404 valence electrons. The van der Waals surface area contributed by atoms with E-state index in [0.717, 1.165) is 38.5 Å². The Morgan fingerprint density at radius 1 is 0.382 bits per heavy atom. The maximum Gasteiger partial charge on any atom is 0.472 e. The van der Waals surface area contributed by atoms with Crippen LogP contribution in [0.25, 0.3) is 0 Å². The predicted octanol–water partition coefficient (Wildman–Crippen LogP) is 17.1. The molecule has 3 N–H and O–H groups in total. The van der Waals surface area contributed by atoms with Crippen LogP contribution in [-0.2, 0) is 32.7 Å². The second-order valence-electron chi connectivity index (χ2n) is 20.0. The maximum absolute atomic E-state index is 12.5. The van der Waals surface area contributed by atoms with Crippen molar-refractivity contribution >= 4 is 19.8 Å². The molecule has 0 aromatic rings. The molecule has 0 radical (unpaired) electrons. The number of rotatable bonds is 56. The van der Waals surface area contributed by atoms with Crippen LogP contribution in [0.1, 0.15) is 303 Å². The van der Waals surface area contributed by atoms with Gasteiger partial charge < -0.3 is 24.6 Å². The number of phosphoric acid groups is 1. The summed E-state index contributed by atoms with van der Waals surface area (Å²) in [6, 6.07) is 0. The van der Waals surface area contributed by atoms with Crippen molar-refractivity contribution in [3.05, 3.63) is 12.2 Å². The molecule has 0 aromatic heterocycles. The van der Waals surface area contributed by atoms with Crippen LogP contribution in [0.3, 0.4) is 0 Å². The number of aliphatic hydroxyl groups is 2. The molecule has 11 heteroatoms. The van der Waals surface area contributed by atoms with Crippen molar-refractivity contribution in [2.45, 2.75) is 315 Å². The van der Waals surface area contributed by atoms with E-state index in [4.69, 9.17) is 18.5 Å². The van der Waals surface area contributed by atoms with Crippen molar-refractivity contribution in [1.82, 2.24) is 0 Å². The first-order chi connectivity index (χ1) is 33.3. The number of aliphatic hydroxyl groups excluding tert-OH is 2. The summed E-state index contributed by atoms with van der Waals surface area (Å²) in [5.41, 5.74) is 0. The summed E-state index contributed by atoms with van der Waals surface area (Å²) in [4.78, 5) is 34.8. The fourth-order valence-electron chi connectivity index (χ4n) is 8.76. The fourth-order valence-corrected chi connectivity index (χ4v) is 9.55. The highest BCUT2D eigenvalue weighted by Gasteiger charge is 2.27. The SMILES string of the molecule is CCCCCCCCCC/C=C\CCCCCCCCCCCCCC(=O)OC(CO)COP(=O)(O)OCC(CO)OC(=O)CCCCCCCCCCCCCCCCCCCCCCCC. The second kappa shape index (κ2) is 53.5. The lowest BCUT2D eigenvalue weighted by atomic mass is 10.0. The van der Waals surface area contributed by atoms with Crippen molar-refractivity contribution in [2.24, 2.45) is 0 Å². The first-order valence-electron chi connectivity index (χ1n) is 29.1. The monoisotopic (exact) mass is 987 g/mol. The molecule has 0 aliphatic carbocycles. The summed E-state index contributed by atoms with van der Waals surface area (Å²) in [6.07, 6.45) is 57.7. The van der Waals surface area contributed by atoms with Gasteiger partial charge in [-0.1, -0.05) is 264 Å². The molecule has 0 aliphatic rings. The summed E-state index contributed by atoms with van der Waals surface area (Å²) in [6.45, 7) is 2.29. The van der Waals surface area contributed by atoms with Gasteiger partial charge in [0, 0.05) is 12.8 Å². The van der Waals surface area contributed by atoms with E-state index >= 15 is 0 Å². The lowest BCUT2D eigenvalue weighted by molar-refractivity contribution is -0.153. The molecule has 68 heavy (non-hydrogen) atoms. The normalized spacial score (nSPS) is 13.5. The summed E-state index contributed by atoms with van der Waals surface area (Å²) >= 11 is 0. The van der Waals surface area contributed by atoms with Gasteiger partial charge in [-0.2, -0.15) is 0 Å². The zero-order valence-corrected chi connectivity index (χ0v) is 45.5. The van der Waals surface area contributed by atoms with E-state index in [1.165, 1.54) is 225 Å². The van der Waals surface area contributed by atoms with E-state index in [-0.39, 0.29) is 12.8 Å². The first-order valence-corrected chi connectivity index (χ1v) is 30.6. The number of carbonyl (C=O) groups excluding carboxylic acids is 2.